The van der Waals surface area contributed by atoms with Crippen molar-refractivity contribution in [1.82, 2.24) is 14.5 Å². The zero-order valence-electron chi connectivity index (χ0n) is 33.7. The number of methoxy groups -OCH3 is 1. The predicted octanol–water partition coefficient (Wildman–Crippen LogP) is 9.95. The summed E-state index contributed by atoms with van der Waals surface area (Å²) in [4.78, 5) is 41.3. The number of hydrogen-bond donors (Lipinski definition) is 0. The number of fused-ring (bicyclic) bond motifs is 3. The van der Waals surface area contributed by atoms with Gasteiger partial charge < -0.3 is 24.0 Å². The molecule has 8 rings (SSSR count). The first-order chi connectivity index (χ1) is 28.6. The molecule has 0 spiro atoms. The molecule has 302 valence electrons. The van der Waals surface area contributed by atoms with E-state index in [0.717, 1.165) is 80.8 Å². The Labute approximate surface area is 341 Å². The van der Waals surface area contributed by atoms with Gasteiger partial charge in [-0.25, -0.2) is 4.98 Å². The van der Waals surface area contributed by atoms with Crippen molar-refractivity contribution in [2.75, 3.05) is 44.9 Å². The molecule has 4 heterocycles. The van der Waals surface area contributed by atoms with Crippen LogP contribution in [0.5, 0.6) is 17.2 Å². The SMILES string of the molecule is COc1cc2c(cc1OCCCCCCCCCCOc1ccc(-n3c(-c4ccccc4)nc4ccc(N5CCCCC5)cc4c3=O)cc1)N=C[C@@H]1CCCN1C2=O. The lowest BCUT2D eigenvalue weighted by Crippen LogP contribution is -2.35. The molecule has 5 aromatic rings. The summed E-state index contributed by atoms with van der Waals surface area (Å²) in [5, 5.41) is 0.630. The molecule has 10 heteroatoms. The molecule has 1 aromatic heterocycles. The van der Waals surface area contributed by atoms with Gasteiger partial charge in [-0.2, -0.15) is 0 Å². The lowest BCUT2D eigenvalue weighted by atomic mass is 10.1. The van der Waals surface area contributed by atoms with Gasteiger partial charge in [0.25, 0.3) is 11.5 Å². The van der Waals surface area contributed by atoms with Gasteiger partial charge in [-0.3, -0.25) is 19.1 Å². The number of amides is 1. The van der Waals surface area contributed by atoms with Crippen molar-refractivity contribution in [1.29, 1.82) is 0 Å². The fourth-order valence-corrected chi connectivity index (χ4v) is 8.49. The molecule has 2 fully saturated rings. The summed E-state index contributed by atoms with van der Waals surface area (Å²) in [6.45, 7) is 4.07. The molecule has 2 saturated heterocycles. The molecule has 0 aliphatic carbocycles. The highest BCUT2D eigenvalue weighted by Crippen LogP contribution is 2.38. The van der Waals surface area contributed by atoms with Crippen LogP contribution in [0.1, 0.15) is 93.8 Å². The summed E-state index contributed by atoms with van der Waals surface area (Å²) in [7, 11) is 1.61. The van der Waals surface area contributed by atoms with Gasteiger partial charge in [-0.1, -0.05) is 68.9 Å². The van der Waals surface area contributed by atoms with Crippen LogP contribution in [0.3, 0.4) is 0 Å². The van der Waals surface area contributed by atoms with Crippen LogP contribution in [0.15, 0.2) is 94.7 Å². The van der Waals surface area contributed by atoms with Crippen LogP contribution in [0.4, 0.5) is 11.4 Å². The number of nitrogens with zero attached hydrogens (tertiary/aromatic N) is 5. The molecular weight excluding hydrogens is 727 g/mol. The van der Waals surface area contributed by atoms with Gasteiger partial charge in [0.2, 0.25) is 0 Å². The minimum absolute atomic E-state index is 0.0208. The van der Waals surface area contributed by atoms with E-state index in [1.54, 1.807) is 17.7 Å². The van der Waals surface area contributed by atoms with Crippen molar-refractivity contribution in [3.63, 3.8) is 0 Å². The van der Waals surface area contributed by atoms with Crippen LogP contribution < -0.4 is 24.7 Å². The maximum absolute atomic E-state index is 14.2. The molecule has 1 amide bonds. The number of aliphatic imine (C=N–C) groups is 1. The third-order valence-corrected chi connectivity index (χ3v) is 11.7. The van der Waals surface area contributed by atoms with Gasteiger partial charge >= 0.3 is 0 Å². The minimum atomic E-state index is -0.0682. The van der Waals surface area contributed by atoms with Crippen LogP contribution >= 0.6 is 0 Å². The van der Waals surface area contributed by atoms with Gasteiger partial charge in [-0.05, 0) is 93.5 Å². The average molecular weight is 782 g/mol. The number of rotatable bonds is 17. The van der Waals surface area contributed by atoms with Crippen molar-refractivity contribution >= 4 is 34.4 Å². The van der Waals surface area contributed by atoms with Crippen molar-refractivity contribution < 1.29 is 19.0 Å². The molecule has 0 bridgehead atoms. The number of benzene rings is 4. The third kappa shape index (κ3) is 8.91. The van der Waals surface area contributed by atoms with E-state index < -0.39 is 0 Å². The number of ether oxygens (including phenoxy) is 3. The monoisotopic (exact) mass is 781 g/mol. The molecule has 0 unspecified atom stereocenters. The lowest BCUT2D eigenvalue weighted by Gasteiger charge is -2.29. The Morgan fingerprint density at radius 2 is 1.40 bits per heavy atom. The van der Waals surface area contributed by atoms with Gasteiger partial charge in [0.05, 0.1) is 54.2 Å². The maximum atomic E-state index is 14.2. The first-order valence-corrected chi connectivity index (χ1v) is 21.4. The van der Waals surface area contributed by atoms with E-state index >= 15 is 0 Å². The summed E-state index contributed by atoms with van der Waals surface area (Å²) in [5.74, 6) is 2.67. The summed E-state index contributed by atoms with van der Waals surface area (Å²) >= 11 is 0. The summed E-state index contributed by atoms with van der Waals surface area (Å²) in [6, 6.07) is 27.6. The molecule has 3 aliphatic rings. The van der Waals surface area contributed by atoms with E-state index in [2.05, 4.69) is 16.0 Å². The standard InChI is InChI=1S/C48H55N5O5/c1-56-44-32-41-43(49-34-38-19-16-28-52(38)47(41)54)33-45(44)58-30-15-7-5-3-2-4-6-14-29-57-39-23-20-36(21-24-39)53-46(35-17-10-8-11-18-35)50-42-25-22-37(31-40(42)48(53)55)51-26-12-9-13-27-51/h8,10-11,17-18,20-25,31-34,38H,2-7,9,12-16,19,26-30H2,1H3/t38-/m0/s1. The molecule has 10 nitrogen and oxygen atoms in total. The number of anilines is 1. The van der Waals surface area contributed by atoms with Crippen molar-refractivity contribution in [3.8, 4) is 34.3 Å². The van der Waals surface area contributed by atoms with Crippen LogP contribution in [0, 0.1) is 0 Å². The maximum Gasteiger partial charge on any atom is 0.266 e. The zero-order valence-corrected chi connectivity index (χ0v) is 33.7. The predicted molar refractivity (Wildman–Crippen MR) is 232 cm³/mol. The Balaban J connectivity index is 0.773. The number of aromatic nitrogens is 2. The molecule has 58 heavy (non-hydrogen) atoms. The van der Waals surface area contributed by atoms with Gasteiger partial charge in [0.1, 0.15) is 11.6 Å². The smallest absolute Gasteiger partial charge is 0.266 e. The van der Waals surface area contributed by atoms with Crippen LogP contribution in [0.2, 0.25) is 0 Å². The first kappa shape index (κ1) is 39.2. The second-order valence-electron chi connectivity index (χ2n) is 15.7. The highest BCUT2D eigenvalue weighted by molar-refractivity contribution is 6.03. The molecule has 1 atom stereocenters. The highest BCUT2D eigenvalue weighted by atomic mass is 16.5. The fraction of sp³-hybridized carbons (Fsp3) is 0.417. The molecule has 4 aromatic carbocycles. The van der Waals surface area contributed by atoms with E-state index in [-0.39, 0.29) is 17.5 Å². The van der Waals surface area contributed by atoms with E-state index in [1.807, 2.05) is 83.9 Å². The number of carbonyl (C=O) groups excluding carboxylic acids is 1. The lowest BCUT2D eigenvalue weighted by molar-refractivity contribution is 0.0774. The minimum Gasteiger partial charge on any atom is -0.494 e. The molecule has 0 radical (unpaired) electrons. The van der Waals surface area contributed by atoms with Crippen molar-refractivity contribution in [2.45, 2.75) is 89.5 Å². The molecule has 3 aliphatic heterocycles. The number of carbonyl (C=O) groups is 1. The normalized spacial score (nSPS) is 16.3. The number of piperidine rings is 1. The third-order valence-electron chi connectivity index (χ3n) is 11.7. The molecule has 0 N–H and O–H groups in total. The van der Waals surface area contributed by atoms with Crippen LogP contribution in [0.25, 0.3) is 28.0 Å². The Morgan fingerprint density at radius 3 is 2.14 bits per heavy atom. The van der Waals surface area contributed by atoms with Gasteiger partial charge in [0, 0.05) is 43.2 Å². The summed E-state index contributed by atoms with van der Waals surface area (Å²) in [6.07, 6.45) is 16.4. The average Bonchev–Trinajstić information content (AvgIpc) is 3.70. The number of unbranched alkanes of at least 4 members (excludes halogenated alkanes) is 7. The van der Waals surface area contributed by atoms with E-state index in [4.69, 9.17) is 19.2 Å². The Hall–Kier alpha value is -5.64. The second-order valence-corrected chi connectivity index (χ2v) is 15.7. The van der Waals surface area contributed by atoms with E-state index in [1.165, 1.54) is 44.9 Å². The Morgan fingerprint density at radius 1 is 0.690 bits per heavy atom. The molecule has 0 saturated carbocycles. The Bertz CT molecular complexity index is 2270. The zero-order chi connectivity index (χ0) is 39.7. The van der Waals surface area contributed by atoms with Crippen molar-refractivity contribution in [3.05, 3.63) is 101 Å². The van der Waals surface area contributed by atoms with Gasteiger partial charge in [0.15, 0.2) is 11.5 Å². The van der Waals surface area contributed by atoms with E-state index in [9.17, 15) is 9.59 Å². The second kappa shape index (κ2) is 18.7. The van der Waals surface area contributed by atoms with Crippen molar-refractivity contribution in [2.24, 2.45) is 4.99 Å². The largest absolute Gasteiger partial charge is 0.494 e. The summed E-state index contributed by atoms with van der Waals surface area (Å²) in [5.41, 5.74) is 4.63. The quantitative estimate of drug-likeness (QED) is 0.0867. The van der Waals surface area contributed by atoms with Crippen LogP contribution in [-0.2, 0) is 0 Å². The number of hydrogen-bond acceptors (Lipinski definition) is 8. The Kier molecular flexibility index (Phi) is 12.7. The van der Waals surface area contributed by atoms with Gasteiger partial charge in [-0.15, -0.1) is 0 Å². The highest BCUT2D eigenvalue weighted by Gasteiger charge is 2.32. The van der Waals surface area contributed by atoms with E-state index in [0.29, 0.717) is 52.7 Å². The topological polar surface area (TPSA) is 98.5 Å². The fourth-order valence-electron chi connectivity index (χ4n) is 8.49. The first-order valence-electron chi connectivity index (χ1n) is 21.4. The summed E-state index contributed by atoms with van der Waals surface area (Å²) < 4.78 is 19.6. The molecular formula is C48H55N5O5. The van der Waals surface area contributed by atoms with Crippen LogP contribution in [-0.4, -0.2) is 72.6 Å².